The van der Waals surface area contributed by atoms with Gasteiger partial charge in [0.25, 0.3) is 0 Å². The van der Waals surface area contributed by atoms with Crippen LogP contribution in [-0.2, 0) is 0 Å². The van der Waals surface area contributed by atoms with Crippen molar-refractivity contribution in [2.24, 2.45) is 0 Å². The molecule has 0 radical (unpaired) electrons. The Labute approximate surface area is 109 Å². The molecule has 2 nitrogen and oxygen atoms in total. The zero-order valence-electron chi connectivity index (χ0n) is 11.2. The molecule has 1 atom stereocenters. The lowest BCUT2D eigenvalue weighted by Crippen LogP contribution is -2.60. The quantitative estimate of drug-likeness (QED) is 0.885. The van der Waals surface area contributed by atoms with Crippen molar-refractivity contribution in [3.63, 3.8) is 0 Å². The van der Waals surface area contributed by atoms with Gasteiger partial charge >= 0.3 is 0 Å². The molecule has 1 aromatic heterocycles. The number of hydrogen-bond donors (Lipinski definition) is 1. The second kappa shape index (κ2) is 5.51. The Balaban J connectivity index is 2.07. The Morgan fingerprint density at radius 2 is 2.24 bits per heavy atom. The van der Waals surface area contributed by atoms with E-state index < -0.39 is 0 Å². The molecule has 3 heteroatoms. The van der Waals surface area contributed by atoms with E-state index in [0.717, 1.165) is 6.54 Å². The lowest BCUT2D eigenvalue weighted by Gasteiger charge is -2.45. The number of rotatable bonds is 4. The zero-order valence-corrected chi connectivity index (χ0v) is 12.0. The molecule has 1 fully saturated rings. The molecule has 17 heavy (non-hydrogen) atoms. The van der Waals surface area contributed by atoms with Crippen molar-refractivity contribution in [2.45, 2.75) is 45.2 Å². The highest BCUT2D eigenvalue weighted by Gasteiger charge is 2.33. The minimum atomic E-state index is 0.337. The van der Waals surface area contributed by atoms with Crippen LogP contribution in [0.5, 0.6) is 0 Å². The van der Waals surface area contributed by atoms with Gasteiger partial charge in [-0.3, -0.25) is 4.90 Å². The van der Waals surface area contributed by atoms with Gasteiger partial charge in [-0.05, 0) is 31.2 Å². The standard InChI is InChI=1S/C14H24N2S/c1-4-14(5-2)11-16(9-8-15-14)12(3)13-7-6-10-17-13/h6-7,10,12,15H,4-5,8-9,11H2,1-3H3. The average molecular weight is 252 g/mol. The van der Waals surface area contributed by atoms with Gasteiger partial charge in [0, 0.05) is 36.1 Å². The molecule has 0 amide bonds. The summed E-state index contributed by atoms with van der Waals surface area (Å²) in [7, 11) is 0. The molecule has 0 aromatic carbocycles. The number of nitrogens with one attached hydrogen (secondary N) is 1. The van der Waals surface area contributed by atoms with Crippen LogP contribution >= 0.6 is 11.3 Å². The fourth-order valence-electron chi connectivity index (χ4n) is 2.75. The number of piperazine rings is 1. The molecule has 0 saturated carbocycles. The van der Waals surface area contributed by atoms with Crippen molar-refractivity contribution in [1.82, 2.24) is 10.2 Å². The lowest BCUT2D eigenvalue weighted by atomic mass is 9.89. The second-order valence-electron chi connectivity index (χ2n) is 5.08. The van der Waals surface area contributed by atoms with Gasteiger partial charge < -0.3 is 5.32 Å². The average Bonchev–Trinajstić information content (AvgIpc) is 2.91. The highest BCUT2D eigenvalue weighted by Crippen LogP contribution is 2.29. The van der Waals surface area contributed by atoms with Crippen molar-refractivity contribution in [3.8, 4) is 0 Å². The Bertz CT molecular complexity index is 330. The molecule has 0 spiro atoms. The molecule has 2 heterocycles. The Morgan fingerprint density at radius 1 is 1.47 bits per heavy atom. The molecule has 0 aliphatic carbocycles. The predicted octanol–water partition coefficient (Wildman–Crippen LogP) is 3.27. The van der Waals surface area contributed by atoms with Crippen molar-refractivity contribution in [3.05, 3.63) is 22.4 Å². The van der Waals surface area contributed by atoms with Gasteiger partial charge in [0.15, 0.2) is 0 Å². The maximum atomic E-state index is 3.72. The molecule has 2 rings (SSSR count). The van der Waals surface area contributed by atoms with Crippen LogP contribution in [0.1, 0.15) is 44.5 Å². The van der Waals surface area contributed by atoms with Crippen LogP contribution in [0.3, 0.4) is 0 Å². The molecule has 1 aliphatic rings. The largest absolute Gasteiger partial charge is 0.309 e. The summed E-state index contributed by atoms with van der Waals surface area (Å²) in [4.78, 5) is 4.13. The fourth-order valence-corrected chi connectivity index (χ4v) is 3.57. The molecule has 1 unspecified atom stereocenters. The third-order valence-corrected chi connectivity index (χ3v) is 5.30. The maximum absolute atomic E-state index is 3.72. The first-order valence-corrected chi connectivity index (χ1v) is 7.61. The van der Waals surface area contributed by atoms with Gasteiger partial charge in [0.1, 0.15) is 0 Å². The maximum Gasteiger partial charge on any atom is 0.0414 e. The van der Waals surface area contributed by atoms with Crippen molar-refractivity contribution < 1.29 is 0 Å². The summed E-state index contributed by atoms with van der Waals surface area (Å²) < 4.78 is 0. The Kier molecular flexibility index (Phi) is 4.23. The third kappa shape index (κ3) is 2.72. The van der Waals surface area contributed by atoms with Gasteiger partial charge in [0.05, 0.1) is 0 Å². The summed E-state index contributed by atoms with van der Waals surface area (Å²) in [5, 5.41) is 5.91. The molecule has 96 valence electrons. The second-order valence-corrected chi connectivity index (χ2v) is 6.06. The Hall–Kier alpha value is -0.380. The SMILES string of the molecule is CCC1(CC)CN(C(C)c2cccs2)CCN1. The van der Waals surface area contributed by atoms with Crippen molar-refractivity contribution in [2.75, 3.05) is 19.6 Å². The van der Waals surface area contributed by atoms with E-state index in [1.54, 1.807) is 0 Å². The molecular weight excluding hydrogens is 228 g/mol. The molecule has 1 N–H and O–H groups in total. The van der Waals surface area contributed by atoms with Gasteiger partial charge in [0.2, 0.25) is 0 Å². The number of thiophene rings is 1. The fraction of sp³-hybridized carbons (Fsp3) is 0.714. The van der Waals surface area contributed by atoms with Crippen LogP contribution < -0.4 is 5.32 Å². The zero-order chi connectivity index (χ0) is 12.3. The molecule has 1 saturated heterocycles. The van der Waals surface area contributed by atoms with E-state index in [9.17, 15) is 0 Å². The monoisotopic (exact) mass is 252 g/mol. The van der Waals surface area contributed by atoms with Gasteiger partial charge in [-0.25, -0.2) is 0 Å². The van der Waals surface area contributed by atoms with E-state index in [0.29, 0.717) is 11.6 Å². The molecule has 0 bridgehead atoms. The van der Waals surface area contributed by atoms with E-state index in [1.807, 2.05) is 11.3 Å². The third-order valence-electron chi connectivity index (χ3n) is 4.26. The molecule has 1 aromatic rings. The summed E-state index contributed by atoms with van der Waals surface area (Å²) >= 11 is 1.88. The van der Waals surface area contributed by atoms with Crippen LogP contribution in [-0.4, -0.2) is 30.1 Å². The van der Waals surface area contributed by atoms with E-state index in [1.165, 1.54) is 30.8 Å². The van der Waals surface area contributed by atoms with Crippen molar-refractivity contribution >= 4 is 11.3 Å². The van der Waals surface area contributed by atoms with Crippen LogP contribution in [0.25, 0.3) is 0 Å². The lowest BCUT2D eigenvalue weighted by molar-refractivity contribution is 0.0932. The summed E-state index contributed by atoms with van der Waals surface area (Å²) in [6.07, 6.45) is 2.44. The van der Waals surface area contributed by atoms with Crippen molar-refractivity contribution in [1.29, 1.82) is 0 Å². The first-order chi connectivity index (χ1) is 8.21. The van der Waals surface area contributed by atoms with Gasteiger partial charge in [-0.15, -0.1) is 11.3 Å². The van der Waals surface area contributed by atoms with Crippen LogP contribution in [0, 0.1) is 0 Å². The van der Waals surface area contributed by atoms with E-state index in [-0.39, 0.29) is 0 Å². The Morgan fingerprint density at radius 3 is 2.82 bits per heavy atom. The normalized spacial score (nSPS) is 22.5. The summed E-state index contributed by atoms with van der Waals surface area (Å²) in [5.74, 6) is 0. The summed E-state index contributed by atoms with van der Waals surface area (Å²) in [6, 6.07) is 4.98. The topological polar surface area (TPSA) is 15.3 Å². The van der Waals surface area contributed by atoms with Crippen LogP contribution in [0.2, 0.25) is 0 Å². The van der Waals surface area contributed by atoms with E-state index in [4.69, 9.17) is 0 Å². The van der Waals surface area contributed by atoms with E-state index in [2.05, 4.69) is 48.5 Å². The summed E-state index contributed by atoms with van der Waals surface area (Å²) in [5.41, 5.74) is 0.337. The highest BCUT2D eigenvalue weighted by molar-refractivity contribution is 7.10. The number of hydrogen-bond acceptors (Lipinski definition) is 3. The van der Waals surface area contributed by atoms with Gasteiger partial charge in [-0.1, -0.05) is 19.9 Å². The first-order valence-electron chi connectivity index (χ1n) is 6.73. The molecular formula is C14H24N2S. The van der Waals surface area contributed by atoms with Gasteiger partial charge in [-0.2, -0.15) is 0 Å². The minimum absolute atomic E-state index is 0.337. The number of nitrogens with zero attached hydrogens (tertiary/aromatic N) is 1. The minimum Gasteiger partial charge on any atom is -0.309 e. The van der Waals surface area contributed by atoms with E-state index >= 15 is 0 Å². The predicted molar refractivity (Wildman–Crippen MR) is 75.6 cm³/mol. The first kappa shape index (κ1) is 13.1. The highest BCUT2D eigenvalue weighted by atomic mass is 32.1. The smallest absolute Gasteiger partial charge is 0.0414 e. The summed E-state index contributed by atoms with van der Waals surface area (Å²) in [6.45, 7) is 10.4. The molecule has 1 aliphatic heterocycles. The van der Waals surface area contributed by atoms with Crippen LogP contribution in [0.4, 0.5) is 0 Å². The van der Waals surface area contributed by atoms with Crippen LogP contribution in [0.15, 0.2) is 17.5 Å².